The fourth-order valence-electron chi connectivity index (χ4n) is 11.4. The second kappa shape index (κ2) is 70.4. The molecule has 106 heavy (non-hydrogen) atoms. The molecule has 0 radical (unpaired) electrons. The summed E-state index contributed by atoms with van der Waals surface area (Å²) in [6.07, 6.45) is 37.6. The van der Waals surface area contributed by atoms with Crippen LogP contribution in [0.25, 0.3) is 0 Å². The Labute approximate surface area is 637 Å². The Kier molecular flexibility index (Phi) is 67.9. The number of hydrogen-bond acceptors (Lipinski definition) is 20. The monoisotopic (exact) mass is 1560 g/mol. The number of ether oxygens (including phenoxy) is 4. The summed E-state index contributed by atoms with van der Waals surface area (Å²) in [4.78, 5) is 100. The van der Waals surface area contributed by atoms with E-state index >= 15 is 0 Å². The molecule has 0 bridgehead atoms. The van der Waals surface area contributed by atoms with Crippen LogP contribution in [0, 0.1) is 0 Å². The SMILES string of the molecule is CCCCCC/C=C\CCCC(=O)O[C@H](CCCCCCC)CC(=O)NC(COCC[C@H](O)CCCCCCC)COP(=O)(O)OCCNC(=O)[C@@H](O)[C@H](O)C(=O)NCCOP(=O)(O)OCC(COCC[C@H](O)CCCCCCC)NC(=O)C[C@@H](CCCCCCC)OC(=O)CCC/C=C\CCCCCC. The minimum absolute atomic E-state index is 0.111. The molecule has 0 aromatic carbocycles. The summed E-state index contributed by atoms with van der Waals surface area (Å²) in [6.45, 7) is 9.09. The number of unbranched alkanes of at least 4 members (excludes halogenated alkanes) is 26. The van der Waals surface area contributed by atoms with Gasteiger partial charge in [-0.15, -0.1) is 0 Å². The second-order valence-corrected chi connectivity index (χ2v) is 31.0. The molecule has 4 amide bonds. The zero-order chi connectivity index (χ0) is 78.6. The molecular formula is C78H148N4O22P2. The molecule has 28 heteroatoms. The number of carbonyl (C=O) groups is 6. The Morgan fingerprint density at radius 2 is 0.660 bits per heavy atom. The smallest absolute Gasteiger partial charge is 0.462 e. The molecule has 0 aromatic rings. The molecular weight excluding hydrogens is 1410 g/mol. The lowest BCUT2D eigenvalue weighted by molar-refractivity contribution is -0.152. The van der Waals surface area contributed by atoms with Crippen molar-refractivity contribution >= 4 is 51.2 Å². The number of allylic oxidation sites excluding steroid dienone is 4. The van der Waals surface area contributed by atoms with Crippen LogP contribution in [0.3, 0.4) is 0 Å². The minimum Gasteiger partial charge on any atom is -0.462 e. The van der Waals surface area contributed by atoms with Gasteiger partial charge in [0.05, 0.1) is 76.8 Å². The molecule has 4 unspecified atom stereocenters. The summed E-state index contributed by atoms with van der Waals surface area (Å²) in [6, 6.07) is -2.02. The number of phosphoric acid groups is 2. The molecule has 0 aliphatic carbocycles. The maximum absolute atomic E-state index is 13.7. The Morgan fingerprint density at radius 3 is 0.991 bits per heavy atom. The lowest BCUT2D eigenvalue weighted by Gasteiger charge is -2.23. The summed E-state index contributed by atoms with van der Waals surface area (Å²) in [5.74, 6) is -4.42. The van der Waals surface area contributed by atoms with Crippen LogP contribution in [-0.4, -0.2) is 180 Å². The van der Waals surface area contributed by atoms with E-state index in [1.807, 2.05) is 0 Å². The number of amides is 4. The molecule has 0 saturated carbocycles. The number of carbonyl (C=O) groups excluding carboxylic acids is 6. The van der Waals surface area contributed by atoms with Gasteiger partial charge >= 0.3 is 27.6 Å². The first-order chi connectivity index (χ1) is 51.0. The number of esters is 2. The van der Waals surface area contributed by atoms with Gasteiger partial charge in [0, 0.05) is 39.1 Å². The van der Waals surface area contributed by atoms with Gasteiger partial charge in [0.15, 0.2) is 12.2 Å². The summed E-state index contributed by atoms with van der Waals surface area (Å²) in [5, 5.41) is 52.2. The van der Waals surface area contributed by atoms with E-state index in [9.17, 15) is 68.1 Å². The quantitative estimate of drug-likeness (QED) is 0.0117. The summed E-state index contributed by atoms with van der Waals surface area (Å²) in [5.41, 5.74) is 0. The van der Waals surface area contributed by atoms with Gasteiger partial charge < -0.3 is 70.4 Å². The average Bonchev–Trinajstić information content (AvgIpc) is 0.903. The van der Waals surface area contributed by atoms with Gasteiger partial charge in [-0.3, -0.25) is 46.9 Å². The van der Waals surface area contributed by atoms with Crippen molar-refractivity contribution in [1.82, 2.24) is 21.3 Å². The Balaban J connectivity index is 5.72. The van der Waals surface area contributed by atoms with Gasteiger partial charge in [-0.05, 0) is 103 Å². The molecule has 26 nitrogen and oxygen atoms in total. The van der Waals surface area contributed by atoms with E-state index in [-0.39, 0.29) is 52.1 Å². The van der Waals surface area contributed by atoms with Crippen LogP contribution < -0.4 is 21.3 Å². The molecule has 0 rings (SSSR count). The third-order valence-corrected chi connectivity index (χ3v) is 19.8. The van der Waals surface area contributed by atoms with Crippen molar-refractivity contribution in [2.75, 3.05) is 65.9 Å². The Hall–Kier alpha value is -3.72. The van der Waals surface area contributed by atoms with Crippen LogP contribution in [0.1, 0.15) is 324 Å². The van der Waals surface area contributed by atoms with Gasteiger partial charge in [0.1, 0.15) is 12.2 Å². The number of nitrogens with one attached hydrogen (secondary N) is 4. The largest absolute Gasteiger partial charge is 0.472 e. The number of aliphatic hydroxyl groups is 4. The highest BCUT2D eigenvalue weighted by Gasteiger charge is 2.32. The van der Waals surface area contributed by atoms with E-state index in [1.165, 1.54) is 38.5 Å². The third kappa shape index (κ3) is 64.0. The molecule has 0 aliphatic rings. The summed E-state index contributed by atoms with van der Waals surface area (Å²) < 4.78 is 70.3. The van der Waals surface area contributed by atoms with Gasteiger partial charge in [0.2, 0.25) is 11.8 Å². The highest BCUT2D eigenvalue weighted by Crippen LogP contribution is 2.44. The van der Waals surface area contributed by atoms with E-state index in [2.05, 4.69) is 87.1 Å². The first-order valence-corrected chi connectivity index (χ1v) is 44.0. The van der Waals surface area contributed by atoms with Crippen molar-refractivity contribution < 1.29 is 105 Å². The topological polar surface area (TPSA) is 380 Å². The standard InChI is InChI=1S/C78H148N4O22P2/c1-7-13-19-25-27-29-31-37-43-49-73(87)103-69(47-41-35-23-17-11-5)59-71(85)81-65(61-97-55-51-67(83)45-39-33-21-15-9-3)63-101-105(93,94)99-57-53-79-77(91)75(89)76(90)78(92)80-54-58-100-106(95,96)102-64-66(62-98-56-52-68(84)46-40-34-22-16-10-4)82-72(86)60-70(48-42-36-24-18-12-6)104-74(88)50-44-38-32-30-28-26-20-14-8-2/h29-32,65-70,75-76,83-84,89-90H,7-28,33-64H2,1-6H3,(H,79,91)(H,80,92)(H,81,85)(H,82,86)(H,93,94)(H,95,96)/b31-29-,32-30-/t65?,66?,67-,68-,69-,70-,75+,76+/m1/s1. The van der Waals surface area contributed by atoms with Crippen LogP contribution in [-0.2, 0) is 74.9 Å². The highest BCUT2D eigenvalue weighted by atomic mass is 31.2. The zero-order valence-electron chi connectivity index (χ0n) is 66.2. The predicted molar refractivity (Wildman–Crippen MR) is 414 cm³/mol. The van der Waals surface area contributed by atoms with Gasteiger partial charge in [-0.1, -0.05) is 220 Å². The lowest BCUT2D eigenvalue weighted by atomic mass is 10.1. The lowest BCUT2D eigenvalue weighted by Crippen LogP contribution is -2.50. The van der Waals surface area contributed by atoms with E-state index < -0.39 is 139 Å². The molecule has 0 spiro atoms. The van der Waals surface area contributed by atoms with Crippen molar-refractivity contribution in [3.63, 3.8) is 0 Å². The minimum atomic E-state index is -4.91. The van der Waals surface area contributed by atoms with Gasteiger partial charge in [-0.25, -0.2) is 9.13 Å². The highest BCUT2D eigenvalue weighted by molar-refractivity contribution is 7.47. The molecule has 622 valence electrons. The normalized spacial score (nSPS) is 15.2. The van der Waals surface area contributed by atoms with Gasteiger partial charge in [-0.2, -0.15) is 0 Å². The third-order valence-electron chi connectivity index (χ3n) is 17.8. The second-order valence-electron chi connectivity index (χ2n) is 28.1. The van der Waals surface area contributed by atoms with Crippen molar-refractivity contribution in [2.24, 2.45) is 0 Å². The van der Waals surface area contributed by atoms with E-state index in [4.69, 9.17) is 37.0 Å². The molecule has 0 fully saturated rings. The predicted octanol–water partition coefficient (Wildman–Crippen LogP) is 14.2. The maximum atomic E-state index is 13.7. The summed E-state index contributed by atoms with van der Waals surface area (Å²) in [7, 11) is -9.82. The van der Waals surface area contributed by atoms with E-state index in [0.717, 1.165) is 167 Å². The van der Waals surface area contributed by atoms with Crippen molar-refractivity contribution in [1.29, 1.82) is 0 Å². The first kappa shape index (κ1) is 102. The number of hydrogen-bond donors (Lipinski definition) is 10. The van der Waals surface area contributed by atoms with Crippen LogP contribution >= 0.6 is 15.6 Å². The molecule has 0 aromatic heterocycles. The number of aliphatic hydroxyl groups excluding tert-OH is 4. The average molecular weight is 1560 g/mol. The van der Waals surface area contributed by atoms with Crippen LogP contribution in [0.2, 0.25) is 0 Å². The molecule has 0 heterocycles. The number of rotatable bonds is 77. The Morgan fingerprint density at radius 1 is 0.358 bits per heavy atom. The van der Waals surface area contributed by atoms with Crippen molar-refractivity contribution in [2.45, 2.75) is 373 Å². The molecule has 0 aliphatic heterocycles. The van der Waals surface area contributed by atoms with Crippen LogP contribution in [0.15, 0.2) is 24.3 Å². The fourth-order valence-corrected chi connectivity index (χ4v) is 13.0. The number of phosphoric ester groups is 2. The molecule has 10 atom stereocenters. The van der Waals surface area contributed by atoms with Crippen molar-refractivity contribution in [3.8, 4) is 0 Å². The van der Waals surface area contributed by atoms with Crippen LogP contribution in [0.4, 0.5) is 0 Å². The summed E-state index contributed by atoms with van der Waals surface area (Å²) >= 11 is 0. The first-order valence-electron chi connectivity index (χ1n) is 41.0. The molecule has 0 saturated heterocycles. The molecule has 10 N–H and O–H groups in total. The Bertz CT molecular complexity index is 2190. The zero-order valence-corrected chi connectivity index (χ0v) is 68.0. The maximum Gasteiger partial charge on any atom is 0.472 e. The van der Waals surface area contributed by atoms with Gasteiger partial charge in [0.25, 0.3) is 11.8 Å². The van der Waals surface area contributed by atoms with Crippen LogP contribution in [0.5, 0.6) is 0 Å². The van der Waals surface area contributed by atoms with Crippen molar-refractivity contribution in [3.05, 3.63) is 24.3 Å². The van der Waals surface area contributed by atoms with E-state index in [1.54, 1.807) is 0 Å². The van der Waals surface area contributed by atoms with E-state index in [0.29, 0.717) is 51.4 Å². The fraction of sp³-hybridized carbons (Fsp3) is 0.872.